The number of hydrogen-bond donors (Lipinski definition) is 3. The van der Waals surface area contributed by atoms with E-state index in [2.05, 4.69) is 25.9 Å². The number of carbonyl (C=O) groups is 2. The largest absolute Gasteiger partial charge is 0.710 e. The van der Waals surface area contributed by atoms with Gasteiger partial charge in [0.15, 0.2) is 5.54 Å². The predicted octanol–water partition coefficient (Wildman–Crippen LogP) is 1.81. The molecule has 1 atom stereocenters. The lowest BCUT2D eigenvalue weighted by Crippen LogP contribution is -2.49. The van der Waals surface area contributed by atoms with Crippen LogP contribution in [0.3, 0.4) is 0 Å². The summed E-state index contributed by atoms with van der Waals surface area (Å²) in [5.74, 6) is 0.416. The number of methoxy groups -OCH3 is 1. The first-order chi connectivity index (χ1) is 16.4. The summed E-state index contributed by atoms with van der Waals surface area (Å²) < 4.78 is 11.2. The van der Waals surface area contributed by atoms with Gasteiger partial charge < -0.3 is 25.3 Å². The zero-order chi connectivity index (χ0) is 23.9. The summed E-state index contributed by atoms with van der Waals surface area (Å²) in [5, 5.41) is 22.8. The van der Waals surface area contributed by atoms with E-state index in [9.17, 15) is 14.8 Å². The maximum atomic E-state index is 13.5. The minimum atomic E-state index is -1.03. The summed E-state index contributed by atoms with van der Waals surface area (Å²) in [6.45, 7) is 2.43. The molecule has 3 aliphatic rings. The van der Waals surface area contributed by atoms with Crippen molar-refractivity contribution in [3.63, 3.8) is 0 Å². The molecule has 0 aromatic carbocycles. The van der Waals surface area contributed by atoms with Crippen LogP contribution in [0, 0.1) is 12.1 Å². The van der Waals surface area contributed by atoms with Gasteiger partial charge in [-0.2, -0.15) is 4.98 Å². The zero-order valence-electron chi connectivity index (χ0n) is 19.3. The molecule has 34 heavy (non-hydrogen) atoms. The second kappa shape index (κ2) is 8.39. The van der Waals surface area contributed by atoms with E-state index in [0.29, 0.717) is 35.9 Å². The van der Waals surface area contributed by atoms with Gasteiger partial charge in [-0.1, -0.05) is 19.3 Å². The van der Waals surface area contributed by atoms with Crippen LogP contribution in [0.5, 0.6) is 0 Å². The summed E-state index contributed by atoms with van der Waals surface area (Å²) >= 11 is 0. The van der Waals surface area contributed by atoms with Crippen LogP contribution in [-0.2, 0) is 19.8 Å². The quantitative estimate of drug-likeness (QED) is 0.340. The van der Waals surface area contributed by atoms with Crippen molar-refractivity contribution in [1.82, 2.24) is 15.3 Å². The molecule has 2 fully saturated rings. The number of fused-ring (bicyclic) bond motifs is 2. The molecule has 0 radical (unpaired) electrons. The topological polar surface area (TPSA) is 141 Å². The number of rotatable bonds is 5. The first kappa shape index (κ1) is 22.3. The second-order valence-corrected chi connectivity index (χ2v) is 9.24. The molecule has 180 valence electrons. The standard InChI is InChI=1S/C23H28N6O5/c1-14-10-17(29(32)19-18(14)20(30)28-22(19)6-4-3-5-7-22)26-15-11-16(25-13-24-15)27-23(21(31)33-2)8-9-34-12-23/h10-11,13H,3-9,12H2,1-2H3,(H,28,30)(H2,24,25,26,27). The average molecular weight is 469 g/mol. The van der Waals surface area contributed by atoms with Gasteiger partial charge in [0.2, 0.25) is 5.82 Å². The van der Waals surface area contributed by atoms with Gasteiger partial charge in [-0.3, -0.25) is 4.79 Å². The number of aryl methyl sites for hydroxylation is 1. The fourth-order valence-electron chi connectivity index (χ4n) is 5.35. The van der Waals surface area contributed by atoms with Gasteiger partial charge in [0, 0.05) is 25.2 Å². The first-order valence-electron chi connectivity index (χ1n) is 11.5. The van der Waals surface area contributed by atoms with Gasteiger partial charge >= 0.3 is 5.97 Å². The Kier molecular flexibility index (Phi) is 5.51. The number of anilines is 3. The van der Waals surface area contributed by atoms with Crippen molar-refractivity contribution in [2.45, 2.75) is 56.5 Å². The number of nitrogens with one attached hydrogen (secondary N) is 3. The predicted molar refractivity (Wildman–Crippen MR) is 121 cm³/mol. The van der Waals surface area contributed by atoms with Gasteiger partial charge in [0.05, 0.1) is 19.3 Å². The van der Waals surface area contributed by atoms with E-state index < -0.39 is 17.0 Å². The van der Waals surface area contributed by atoms with Crippen molar-refractivity contribution >= 4 is 29.3 Å². The Bertz CT molecular complexity index is 1140. The third-order valence-corrected chi connectivity index (χ3v) is 7.03. The monoisotopic (exact) mass is 468 g/mol. The minimum absolute atomic E-state index is 0.167. The third kappa shape index (κ3) is 3.60. The number of pyridine rings is 1. The average Bonchev–Trinajstić information content (AvgIpc) is 3.41. The van der Waals surface area contributed by atoms with Crippen molar-refractivity contribution in [3.8, 4) is 0 Å². The van der Waals surface area contributed by atoms with Crippen molar-refractivity contribution in [1.29, 1.82) is 0 Å². The van der Waals surface area contributed by atoms with Crippen LogP contribution >= 0.6 is 0 Å². The van der Waals surface area contributed by atoms with Gasteiger partial charge in [0.25, 0.3) is 11.7 Å². The minimum Gasteiger partial charge on any atom is -0.710 e. The smallest absolute Gasteiger partial charge is 0.334 e. The Hall–Kier alpha value is -3.47. The number of amides is 1. The van der Waals surface area contributed by atoms with Crippen molar-refractivity contribution in [2.75, 3.05) is 31.0 Å². The molecule has 1 amide bonds. The highest BCUT2D eigenvalue weighted by Gasteiger charge is 2.49. The molecule has 1 spiro atoms. The summed E-state index contributed by atoms with van der Waals surface area (Å²) in [4.78, 5) is 33.6. The Morgan fingerprint density at radius 1 is 1.21 bits per heavy atom. The first-order valence-corrected chi connectivity index (χ1v) is 11.5. The highest BCUT2D eigenvalue weighted by molar-refractivity contribution is 6.00. The highest BCUT2D eigenvalue weighted by atomic mass is 16.5. The molecule has 1 aliphatic carbocycles. The lowest BCUT2D eigenvalue weighted by Gasteiger charge is -2.34. The number of nitrogens with zero attached hydrogens (tertiary/aromatic N) is 3. The highest BCUT2D eigenvalue weighted by Crippen LogP contribution is 2.42. The van der Waals surface area contributed by atoms with E-state index in [4.69, 9.17) is 9.47 Å². The van der Waals surface area contributed by atoms with E-state index in [1.807, 2.05) is 6.92 Å². The molecule has 0 bridgehead atoms. The van der Waals surface area contributed by atoms with E-state index in [1.54, 1.807) is 12.1 Å². The van der Waals surface area contributed by atoms with Gasteiger partial charge in [0.1, 0.15) is 23.4 Å². The number of ether oxygens (including phenoxy) is 2. The van der Waals surface area contributed by atoms with Crippen molar-refractivity contribution in [2.24, 2.45) is 0 Å². The van der Waals surface area contributed by atoms with E-state index in [1.165, 1.54) is 13.4 Å². The molecule has 2 aromatic heterocycles. The van der Waals surface area contributed by atoms with Crippen LogP contribution in [0.15, 0.2) is 18.5 Å². The Balaban J connectivity index is 1.46. The second-order valence-electron chi connectivity index (χ2n) is 9.24. The summed E-state index contributed by atoms with van der Waals surface area (Å²) in [7, 11) is 1.33. The number of esters is 1. The molecule has 5 rings (SSSR count). The summed E-state index contributed by atoms with van der Waals surface area (Å²) in [6.07, 6.45) is 6.30. The number of aromatic nitrogens is 3. The van der Waals surface area contributed by atoms with Gasteiger partial charge in [-0.15, -0.1) is 0 Å². The van der Waals surface area contributed by atoms with E-state index in [0.717, 1.165) is 42.4 Å². The molecular formula is C23H28N6O5. The van der Waals surface area contributed by atoms with Crippen LogP contribution in [0.4, 0.5) is 17.5 Å². The van der Waals surface area contributed by atoms with E-state index >= 15 is 0 Å². The van der Waals surface area contributed by atoms with Crippen molar-refractivity contribution < 1.29 is 23.8 Å². The molecule has 4 heterocycles. The molecule has 3 N–H and O–H groups in total. The SMILES string of the molecule is COC(=O)C1(Nc2cc(Nc3cc(C)c4c([n+]3[O-])C3(CCCCC3)NC4=O)ncn2)CCOC1. The van der Waals surface area contributed by atoms with Crippen LogP contribution in [-0.4, -0.2) is 47.7 Å². The van der Waals surface area contributed by atoms with Crippen molar-refractivity contribution in [3.05, 3.63) is 40.5 Å². The molecule has 2 aliphatic heterocycles. The van der Waals surface area contributed by atoms with Crippen LogP contribution in [0.2, 0.25) is 0 Å². The lowest BCUT2D eigenvalue weighted by atomic mass is 9.79. The lowest BCUT2D eigenvalue weighted by molar-refractivity contribution is -0.603. The summed E-state index contributed by atoms with van der Waals surface area (Å²) in [5.41, 5.74) is 0.0312. The maximum absolute atomic E-state index is 13.5. The third-order valence-electron chi connectivity index (χ3n) is 7.03. The van der Waals surface area contributed by atoms with E-state index in [-0.39, 0.29) is 18.3 Å². The zero-order valence-corrected chi connectivity index (χ0v) is 19.3. The Labute approximate surface area is 196 Å². The number of hydrogen-bond acceptors (Lipinski definition) is 9. The molecule has 1 saturated carbocycles. The molecular weight excluding hydrogens is 440 g/mol. The van der Waals surface area contributed by atoms with Crippen LogP contribution in [0.1, 0.15) is 60.1 Å². The molecule has 11 nitrogen and oxygen atoms in total. The maximum Gasteiger partial charge on any atom is 0.334 e. The number of carbonyl (C=O) groups excluding carboxylic acids is 2. The Morgan fingerprint density at radius 3 is 2.68 bits per heavy atom. The van der Waals surface area contributed by atoms with Gasteiger partial charge in [-0.05, 0) is 25.3 Å². The molecule has 1 saturated heterocycles. The molecule has 11 heteroatoms. The Morgan fingerprint density at radius 2 is 1.97 bits per heavy atom. The molecule has 2 aromatic rings. The van der Waals surface area contributed by atoms with Gasteiger partial charge in [-0.25, -0.2) is 19.8 Å². The van der Waals surface area contributed by atoms with Crippen LogP contribution < -0.4 is 20.7 Å². The summed E-state index contributed by atoms with van der Waals surface area (Å²) in [6, 6.07) is 3.27. The molecule has 1 unspecified atom stereocenters. The fraction of sp³-hybridized carbons (Fsp3) is 0.522. The fourth-order valence-corrected chi connectivity index (χ4v) is 5.35. The normalized spacial score (nSPS) is 22.8. The van der Waals surface area contributed by atoms with Crippen LogP contribution in [0.25, 0.3) is 0 Å².